The second-order valence-corrected chi connectivity index (χ2v) is 9.91. The number of carbonyl (C=O) groups excluding carboxylic acids is 1. The largest absolute Gasteiger partial charge is 0.474 e. The molecule has 0 unspecified atom stereocenters. The molecule has 2 N–H and O–H groups in total. The normalized spacial score (nSPS) is 22.6. The maximum atomic E-state index is 13.4. The zero-order valence-electron chi connectivity index (χ0n) is 18.7. The smallest absolute Gasteiger partial charge is 0.408 e. The first kappa shape index (κ1) is 21.6. The Labute approximate surface area is 182 Å². The molecule has 1 saturated carbocycles. The van der Waals surface area contributed by atoms with Crippen molar-refractivity contribution in [2.75, 3.05) is 6.54 Å². The van der Waals surface area contributed by atoms with Gasteiger partial charge in [-0.25, -0.2) is 14.2 Å². The number of fused-ring (bicyclic) bond motifs is 1. The number of amides is 1. The molecule has 0 radical (unpaired) electrons. The van der Waals surface area contributed by atoms with Gasteiger partial charge in [0.1, 0.15) is 17.5 Å². The zero-order valence-corrected chi connectivity index (χ0v) is 18.7. The molecule has 2 heterocycles. The Morgan fingerprint density at radius 3 is 2.42 bits per heavy atom. The molecule has 6 nitrogen and oxygen atoms in total. The number of nitrogens with zero attached hydrogens (tertiary/aromatic N) is 1. The van der Waals surface area contributed by atoms with Crippen molar-refractivity contribution in [3.05, 3.63) is 47.8 Å². The van der Waals surface area contributed by atoms with Crippen LogP contribution in [-0.2, 0) is 10.3 Å². The SMILES string of the molecule is CC(C)(C)OC(=O)NC(C)(C)c1cc(O[C@@H]2C[C@H]3NC[C@H]32)nc(-c2ccc(F)cc2)c1. The van der Waals surface area contributed by atoms with E-state index < -0.39 is 17.2 Å². The number of alkyl carbamates (subject to hydrolysis) is 1. The van der Waals surface area contributed by atoms with Gasteiger partial charge in [0.05, 0.1) is 11.2 Å². The van der Waals surface area contributed by atoms with Crippen LogP contribution in [0.5, 0.6) is 5.88 Å². The van der Waals surface area contributed by atoms with Gasteiger partial charge in [-0.05, 0) is 70.5 Å². The minimum Gasteiger partial charge on any atom is -0.474 e. The summed E-state index contributed by atoms with van der Waals surface area (Å²) in [5.41, 5.74) is 0.930. The van der Waals surface area contributed by atoms with Gasteiger partial charge in [-0.1, -0.05) is 0 Å². The van der Waals surface area contributed by atoms with Crippen molar-refractivity contribution in [3.63, 3.8) is 0 Å². The Balaban J connectivity index is 1.63. The number of aromatic nitrogens is 1. The van der Waals surface area contributed by atoms with Crippen molar-refractivity contribution in [2.24, 2.45) is 5.92 Å². The van der Waals surface area contributed by atoms with E-state index in [1.54, 1.807) is 12.1 Å². The summed E-state index contributed by atoms with van der Waals surface area (Å²) in [5, 5.41) is 6.32. The van der Waals surface area contributed by atoms with E-state index in [2.05, 4.69) is 15.6 Å². The van der Waals surface area contributed by atoms with Crippen LogP contribution in [0.1, 0.15) is 46.6 Å². The molecule has 7 heteroatoms. The lowest BCUT2D eigenvalue weighted by Gasteiger charge is -2.52. The maximum absolute atomic E-state index is 13.4. The van der Waals surface area contributed by atoms with Crippen LogP contribution in [-0.4, -0.2) is 35.4 Å². The van der Waals surface area contributed by atoms with E-state index >= 15 is 0 Å². The molecule has 2 aromatic rings. The summed E-state index contributed by atoms with van der Waals surface area (Å²) in [4.78, 5) is 17.1. The third-order valence-corrected chi connectivity index (χ3v) is 5.85. The second-order valence-electron chi connectivity index (χ2n) is 9.91. The van der Waals surface area contributed by atoms with Gasteiger partial charge >= 0.3 is 6.09 Å². The molecule has 1 aliphatic heterocycles. The zero-order chi connectivity index (χ0) is 22.4. The highest BCUT2D eigenvalue weighted by atomic mass is 19.1. The molecule has 4 rings (SSSR count). The monoisotopic (exact) mass is 427 g/mol. The molecular weight excluding hydrogens is 397 g/mol. The van der Waals surface area contributed by atoms with Crippen molar-refractivity contribution < 1.29 is 18.7 Å². The molecule has 3 atom stereocenters. The molecule has 1 amide bonds. The standard InChI is InChI=1S/C24H30FN3O3/c1-23(2,3)31-22(29)28-24(4,5)15-10-18(14-6-8-16(25)9-7-14)27-21(11-15)30-20-12-19-17(20)13-26-19/h6-11,17,19-20,26H,12-13H2,1-5H3,(H,28,29)/t17-,19-,20-/m1/s1. The summed E-state index contributed by atoms with van der Waals surface area (Å²) in [6, 6.07) is 10.5. The Bertz CT molecular complexity index is 969. The molecule has 1 aromatic carbocycles. The molecule has 166 valence electrons. The number of hydrogen-bond donors (Lipinski definition) is 2. The summed E-state index contributed by atoms with van der Waals surface area (Å²) in [6.45, 7) is 10.2. The minimum absolute atomic E-state index is 0.136. The highest BCUT2D eigenvalue weighted by molar-refractivity contribution is 5.69. The molecule has 31 heavy (non-hydrogen) atoms. The average molecular weight is 428 g/mol. The van der Waals surface area contributed by atoms with Gasteiger partial charge in [-0.3, -0.25) is 0 Å². The first-order valence-electron chi connectivity index (χ1n) is 10.7. The fourth-order valence-electron chi connectivity index (χ4n) is 3.92. The highest BCUT2D eigenvalue weighted by Crippen LogP contribution is 2.38. The maximum Gasteiger partial charge on any atom is 0.408 e. The summed E-state index contributed by atoms with van der Waals surface area (Å²) >= 11 is 0. The summed E-state index contributed by atoms with van der Waals surface area (Å²) in [6.07, 6.45) is 0.599. The predicted octanol–water partition coefficient (Wildman–Crippen LogP) is 4.39. The molecule has 2 fully saturated rings. The van der Waals surface area contributed by atoms with E-state index in [4.69, 9.17) is 9.47 Å². The topological polar surface area (TPSA) is 72.5 Å². The van der Waals surface area contributed by atoms with Crippen LogP contribution in [0.4, 0.5) is 9.18 Å². The van der Waals surface area contributed by atoms with Crippen molar-refractivity contribution in [3.8, 4) is 17.1 Å². The van der Waals surface area contributed by atoms with E-state index in [9.17, 15) is 9.18 Å². The Kier molecular flexibility index (Phi) is 5.41. The van der Waals surface area contributed by atoms with Crippen molar-refractivity contribution >= 4 is 6.09 Å². The number of rotatable bonds is 5. The van der Waals surface area contributed by atoms with E-state index in [-0.39, 0.29) is 11.9 Å². The van der Waals surface area contributed by atoms with Gasteiger partial charge in [0.2, 0.25) is 5.88 Å². The van der Waals surface area contributed by atoms with Gasteiger partial charge in [-0.15, -0.1) is 0 Å². The Hall–Kier alpha value is -2.67. The molecule has 2 aliphatic rings. The molecule has 1 aliphatic carbocycles. The predicted molar refractivity (Wildman–Crippen MR) is 116 cm³/mol. The lowest BCUT2D eigenvalue weighted by molar-refractivity contribution is -0.0438. The van der Waals surface area contributed by atoms with Gasteiger partial charge < -0.3 is 20.1 Å². The van der Waals surface area contributed by atoms with Crippen LogP contribution in [0.3, 0.4) is 0 Å². The number of benzene rings is 1. The number of hydrogen-bond acceptors (Lipinski definition) is 5. The Morgan fingerprint density at radius 1 is 1.16 bits per heavy atom. The number of pyridine rings is 1. The van der Waals surface area contributed by atoms with E-state index in [1.807, 2.05) is 46.8 Å². The number of piperidine rings is 1. The third kappa shape index (κ3) is 4.82. The highest BCUT2D eigenvalue weighted by Gasteiger charge is 2.49. The summed E-state index contributed by atoms with van der Waals surface area (Å²) < 4.78 is 25.1. The number of nitrogens with one attached hydrogen (secondary N) is 2. The first-order valence-corrected chi connectivity index (χ1v) is 10.7. The number of carbonyl (C=O) groups is 1. The van der Waals surface area contributed by atoms with Crippen molar-refractivity contribution in [1.29, 1.82) is 0 Å². The molecule has 1 saturated heterocycles. The van der Waals surface area contributed by atoms with Crippen LogP contribution in [0.15, 0.2) is 36.4 Å². The van der Waals surface area contributed by atoms with E-state index in [1.165, 1.54) is 12.1 Å². The van der Waals surface area contributed by atoms with E-state index in [0.717, 1.165) is 24.1 Å². The van der Waals surface area contributed by atoms with Gasteiger partial charge in [0.15, 0.2) is 0 Å². The van der Waals surface area contributed by atoms with Crippen molar-refractivity contribution in [1.82, 2.24) is 15.6 Å². The molecular formula is C24H30FN3O3. The number of ether oxygens (including phenoxy) is 2. The van der Waals surface area contributed by atoms with Crippen LogP contribution in [0.2, 0.25) is 0 Å². The van der Waals surface area contributed by atoms with Crippen LogP contribution < -0.4 is 15.4 Å². The fourth-order valence-corrected chi connectivity index (χ4v) is 3.92. The Morgan fingerprint density at radius 2 is 1.87 bits per heavy atom. The lowest BCUT2D eigenvalue weighted by Crippen LogP contribution is -2.68. The van der Waals surface area contributed by atoms with Crippen LogP contribution in [0, 0.1) is 11.7 Å². The fraction of sp³-hybridized carbons (Fsp3) is 0.500. The third-order valence-electron chi connectivity index (χ3n) is 5.85. The van der Waals surface area contributed by atoms with Gasteiger partial charge in [-0.2, -0.15) is 0 Å². The van der Waals surface area contributed by atoms with E-state index in [0.29, 0.717) is 23.5 Å². The average Bonchev–Trinajstić information content (AvgIpc) is 2.63. The lowest BCUT2D eigenvalue weighted by atomic mass is 9.70. The van der Waals surface area contributed by atoms with Crippen LogP contribution >= 0.6 is 0 Å². The summed E-state index contributed by atoms with van der Waals surface area (Å²) in [5.74, 6) is 0.722. The van der Waals surface area contributed by atoms with Crippen LogP contribution in [0.25, 0.3) is 11.3 Å². The molecule has 0 spiro atoms. The second kappa shape index (κ2) is 7.79. The van der Waals surface area contributed by atoms with Crippen molar-refractivity contribution in [2.45, 2.75) is 64.3 Å². The quantitative estimate of drug-likeness (QED) is 0.741. The summed E-state index contributed by atoms with van der Waals surface area (Å²) in [7, 11) is 0. The minimum atomic E-state index is -0.738. The van der Waals surface area contributed by atoms with Gasteiger partial charge in [0.25, 0.3) is 0 Å². The molecule has 0 bridgehead atoms. The number of halogens is 1. The van der Waals surface area contributed by atoms with Gasteiger partial charge in [0, 0.05) is 36.6 Å². The first-order chi connectivity index (χ1) is 14.5. The molecule has 1 aromatic heterocycles.